The van der Waals surface area contributed by atoms with Crippen molar-refractivity contribution >= 4 is 5.69 Å². The first-order valence-electron chi connectivity index (χ1n) is 8.18. The first-order chi connectivity index (χ1) is 10.3. The van der Waals surface area contributed by atoms with E-state index >= 15 is 0 Å². The largest absolute Gasteiger partial charge is 0.490 e. The fourth-order valence-corrected chi connectivity index (χ4v) is 3.50. The van der Waals surface area contributed by atoms with E-state index in [0.717, 1.165) is 23.1 Å². The Morgan fingerprint density at radius 1 is 1.10 bits per heavy atom. The maximum atomic E-state index is 5.71. The molecule has 2 heterocycles. The molecule has 0 aliphatic carbocycles. The standard InChI is InChI=1S/C17H26N2O2/c1-3-20-16-6-5-14(11-17(16)21-4-2)18-15-8-10-19-9-7-13(15)12-19/h5-6,11,13,15,18H,3-4,7-10,12H2,1-2H3. The fraction of sp³-hybridized carbons (Fsp3) is 0.647. The molecule has 21 heavy (non-hydrogen) atoms. The average molecular weight is 290 g/mol. The van der Waals surface area contributed by atoms with Gasteiger partial charge in [0.05, 0.1) is 13.2 Å². The summed E-state index contributed by atoms with van der Waals surface area (Å²) in [6.07, 6.45) is 2.56. The highest BCUT2D eigenvalue weighted by Crippen LogP contribution is 2.33. The second-order valence-corrected chi connectivity index (χ2v) is 5.92. The molecule has 1 N–H and O–H groups in total. The second-order valence-electron chi connectivity index (χ2n) is 5.92. The van der Waals surface area contributed by atoms with E-state index in [2.05, 4.69) is 22.3 Å². The molecule has 116 valence electrons. The van der Waals surface area contributed by atoms with Gasteiger partial charge in [-0.25, -0.2) is 0 Å². The van der Waals surface area contributed by atoms with Gasteiger partial charge in [-0.2, -0.15) is 0 Å². The molecule has 0 aromatic heterocycles. The first-order valence-corrected chi connectivity index (χ1v) is 8.18. The number of nitrogens with one attached hydrogen (secondary N) is 1. The SMILES string of the molecule is CCOc1ccc(NC2CCN3CCC2C3)cc1OCC. The molecule has 2 saturated heterocycles. The summed E-state index contributed by atoms with van der Waals surface area (Å²) in [4.78, 5) is 2.58. The Morgan fingerprint density at radius 2 is 1.86 bits per heavy atom. The Balaban J connectivity index is 1.71. The summed E-state index contributed by atoms with van der Waals surface area (Å²) in [5.74, 6) is 2.47. The maximum absolute atomic E-state index is 5.71. The molecule has 2 fully saturated rings. The first kappa shape index (κ1) is 14.5. The highest BCUT2D eigenvalue weighted by molar-refractivity contribution is 5.55. The lowest BCUT2D eigenvalue weighted by Crippen LogP contribution is -2.39. The highest BCUT2D eigenvalue weighted by atomic mass is 16.5. The predicted octanol–water partition coefficient (Wildman–Crippen LogP) is 2.99. The molecule has 1 aromatic rings. The summed E-state index contributed by atoms with van der Waals surface area (Å²) in [7, 11) is 0. The molecular formula is C17H26N2O2. The Labute approximate surface area is 127 Å². The van der Waals surface area contributed by atoms with Gasteiger partial charge in [0.25, 0.3) is 0 Å². The normalized spacial score (nSPS) is 27.4. The van der Waals surface area contributed by atoms with E-state index in [1.807, 2.05) is 19.9 Å². The van der Waals surface area contributed by atoms with Crippen LogP contribution < -0.4 is 14.8 Å². The van der Waals surface area contributed by atoms with Crippen molar-refractivity contribution in [3.05, 3.63) is 18.2 Å². The van der Waals surface area contributed by atoms with Crippen LogP contribution in [0, 0.1) is 5.92 Å². The number of hydrogen-bond donors (Lipinski definition) is 1. The zero-order valence-electron chi connectivity index (χ0n) is 13.1. The highest BCUT2D eigenvalue weighted by Gasteiger charge is 2.34. The molecule has 2 aliphatic rings. The number of piperidine rings is 1. The van der Waals surface area contributed by atoms with E-state index in [0.29, 0.717) is 19.3 Å². The molecule has 3 unspecified atom stereocenters. The zero-order valence-corrected chi connectivity index (χ0v) is 13.1. The predicted molar refractivity (Wildman–Crippen MR) is 85.4 cm³/mol. The van der Waals surface area contributed by atoms with Gasteiger partial charge in [0.2, 0.25) is 0 Å². The monoisotopic (exact) mass is 290 g/mol. The third kappa shape index (κ3) is 3.26. The van der Waals surface area contributed by atoms with Crippen LogP contribution in [0.3, 0.4) is 0 Å². The number of ether oxygens (including phenoxy) is 2. The second kappa shape index (κ2) is 6.56. The van der Waals surface area contributed by atoms with Crippen molar-refractivity contribution in [3.8, 4) is 11.5 Å². The minimum absolute atomic E-state index is 0.594. The van der Waals surface area contributed by atoms with Crippen LogP contribution in [-0.4, -0.2) is 43.8 Å². The van der Waals surface area contributed by atoms with Crippen LogP contribution >= 0.6 is 0 Å². The number of anilines is 1. The number of nitrogens with zero attached hydrogens (tertiary/aromatic N) is 1. The summed E-state index contributed by atoms with van der Waals surface area (Å²) in [5.41, 5.74) is 1.15. The molecule has 0 spiro atoms. The van der Waals surface area contributed by atoms with Gasteiger partial charge >= 0.3 is 0 Å². The molecule has 0 amide bonds. The third-order valence-corrected chi connectivity index (χ3v) is 4.53. The smallest absolute Gasteiger partial charge is 0.163 e. The van der Waals surface area contributed by atoms with Gasteiger partial charge in [-0.3, -0.25) is 0 Å². The molecule has 4 nitrogen and oxygen atoms in total. The molecule has 3 rings (SSSR count). The number of hydrogen-bond acceptors (Lipinski definition) is 4. The van der Waals surface area contributed by atoms with E-state index in [1.54, 1.807) is 0 Å². The number of fused-ring (bicyclic) bond motifs is 2. The van der Waals surface area contributed by atoms with E-state index < -0.39 is 0 Å². The van der Waals surface area contributed by atoms with Crippen LogP contribution in [-0.2, 0) is 0 Å². The average Bonchev–Trinajstić information content (AvgIpc) is 2.88. The summed E-state index contributed by atoms with van der Waals surface area (Å²) in [6.45, 7) is 9.07. The Hall–Kier alpha value is -1.42. The Morgan fingerprint density at radius 3 is 2.67 bits per heavy atom. The van der Waals surface area contributed by atoms with Gasteiger partial charge in [0.15, 0.2) is 11.5 Å². The van der Waals surface area contributed by atoms with E-state index in [9.17, 15) is 0 Å². The van der Waals surface area contributed by atoms with Crippen LogP contribution in [0.15, 0.2) is 18.2 Å². The third-order valence-electron chi connectivity index (χ3n) is 4.53. The number of rotatable bonds is 6. The van der Waals surface area contributed by atoms with Crippen molar-refractivity contribution < 1.29 is 9.47 Å². The van der Waals surface area contributed by atoms with E-state index in [4.69, 9.17) is 9.47 Å². The fourth-order valence-electron chi connectivity index (χ4n) is 3.50. The molecular weight excluding hydrogens is 264 g/mol. The maximum Gasteiger partial charge on any atom is 0.163 e. The van der Waals surface area contributed by atoms with Crippen molar-refractivity contribution in [1.82, 2.24) is 4.90 Å². The van der Waals surface area contributed by atoms with E-state index in [-0.39, 0.29) is 0 Å². The van der Waals surface area contributed by atoms with Crippen LogP contribution in [0.25, 0.3) is 0 Å². The molecule has 0 saturated carbocycles. The molecule has 0 radical (unpaired) electrons. The molecule has 3 atom stereocenters. The lowest BCUT2D eigenvalue weighted by atomic mass is 9.94. The molecule has 1 aromatic carbocycles. The molecule has 2 bridgehead atoms. The van der Waals surface area contributed by atoms with Crippen molar-refractivity contribution in [2.45, 2.75) is 32.7 Å². The van der Waals surface area contributed by atoms with Gasteiger partial charge in [0, 0.05) is 30.9 Å². The lowest BCUT2D eigenvalue weighted by Gasteiger charge is -2.31. The molecule has 4 heteroatoms. The van der Waals surface area contributed by atoms with Crippen molar-refractivity contribution in [2.75, 3.05) is 38.2 Å². The van der Waals surface area contributed by atoms with Gasteiger partial charge in [-0.15, -0.1) is 0 Å². The minimum Gasteiger partial charge on any atom is -0.490 e. The Bertz CT molecular complexity index is 478. The van der Waals surface area contributed by atoms with Crippen LogP contribution in [0.2, 0.25) is 0 Å². The minimum atomic E-state index is 0.594. The number of benzene rings is 1. The molecule has 2 aliphatic heterocycles. The summed E-state index contributed by atoms with van der Waals surface area (Å²) < 4.78 is 11.3. The Kier molecular flexibility index (Phi) is 4.54. The van der Waals surface area contributed by atoms with Crippen LogP contribution in [0.5, 0.6) is 11.5 Å². The quantitative estimate of drug-likeness (QED) is 0.873. The van der Waals surface area contributed by atoms with Crippen LogP contribution in [0.4, 0.5) is 5.69 Å². The summed E-state index contributed by atoms with van der Waals surface area (Å²) >= 11 is 0. The van der Waals surface area contributed by atoms with Gasteiger partial charge in [-0.05, 0) is 51.3 Å². The van der Waals surface area contributed by atoms with Gasteiger partial charge in [0.1, 0.15) is 0 Å². The van der Waals surface area contributed by atoms with Crippen molar-refractivity contribution in [3.63, 3.8) is 0 Å². The van der Waals surface area contributed by atoms with Gasteiger partial charge < -0.3 is 19.7 Å². The van der Waals surface area contributed by atoms with Crippen LogP contribution in [0.1, 0.15) is 26.7 Å². The zero-order chi connectivity index (χ0) is 14.7. The van der Waals surface area contributed by atoms with Crippen molar-refractivity contribution in [2.24, 2.45) is 5.92 Å². The topological polar surface area (TPSA) is 33.7 Å². The van der Waals surface area contributed by atoms with Gasteiger partial charge in [-0.1, -0.05) is 0 Å². The lowest BCUT2D eigenvalue weighted by molar-refractivity contribution is 0.255. The summed E-state index contributed by atoms with van der Waals surface area (Å²) in [5, 5.41) is 3.71. The summed E-state index contributed by atoms with van der Waals surface area (Å²) in [6, 6.07) is 6.79. The van der Waals surface area contributed by atoms with Crippen molar-refractivity contribution in [1.29, 1.82) is 0 Å². The van der Waals surface area contributed by atoms with E-state index in [1.165, 1.54) is 32.5 Å².